The summed E-state index contributed by atoms with van der Waals surface area (Å²) in [5.41, 5.74) is 0.973. The topological polar surface area (TPSA) is 139 Å². The Hall–Kier alpha value is -4.00. The van der Waals surface area contributed by atoms with Crippen molar-refractivity contribution in [2.24, 2.45) is 0 Å². The van der Waals surface area contributed by atoms with Crippen LogP contribution >= 0.6 is 23.2 Å². The van der Waals surface area contributed by atoms with E-state index in [1.807, 2.05) is 12.1 Å². The number of pyridine rings is 2. The number of hydrogen-bond acceptors (Lipinski definition) is 9. The van der Waals surface area contributed by atoms with Gasteiger partial charge in [-0.1, -0.05) is 29.8 Å². The van der Waals surface area contributed by atoms with Gasteiger partial charge >= 0.3 is 6.03 Å². The Kier molecular flexibility index (Phi) is 9.82. The van der Waals surface area contributed by atoms with Gasteiger partial charge in [-0.25, -0.2) is 14.8 Å². The second-order valence-corrected chi connectivity index (χ2v) is 11.2. The number of hydrogen-bond donors (Lipinski definition) is 4. The van der Waals surface area contributed by atoms with Gasteiger partial charge in [0.25, 0.3) is 0 Å². The van der Waals surface area contributed by atoms with Crippen molar-refractivity contribution in [1.29, 1.82) is 0 Å². The van der Waals surface area contributed by atoms with E-state index in [4.69, 9.17) is 42.4 Å². The Bertz CT molecular complexity index is 1540. The van der Waals surface area contributed by atoms with Crippen molar-refractivity contribution in [3.8, 4) is 22.8 Å². The maximum absolute atomic E-state index is 12.4. The Morgan fingerprint density at radius 1 is 1.14 bits per heavy atom. The van der Waals surface area contributed by atoms with Crippen molar-refractivity contribution in [3.63, 3.8) is 0 Å². The fraction of sp³-hybridized carbons (Fsp3) is 0.400. The van der Waals surface area contributed by atoms with Crippen molar-refractivity contribution in [2.75, 3.05) is 58.1 Å². The molecule has 44 heavy (non-hydrogen) atoms. The maximum atomic E-state index is 12.4. The van der Waals surface area contributed by atoms with E-state index >= 15 is 0 Å². The SMILES string of the molecule is C=CC(=O)N[C@H]1CN(C(=O)NC)C[C@H]1Nc1cc2c(NCC3CCCO3)nc(-c3c(Cl)c(OC)cc(OC)c3Cl)cc2cn1. The number of anilines is 2. The fourth-order valence-electron chi connectivity index (χ4n) is 5.47. The molecule has 3 aromatic rings. The van der Waals surface area contributed by atoms with E-state index in [2.05, 4.69) is 32.8 Å². The van der Waals surface area contributed by atoms with Gasteiger partial charge in [0.1, 0.15) is 23.1 Å². The second kappa shape index (κ2) is 13.7. The Morgan fingerprint density at radius 3 is 2.50 bits per heavy atom. The summed E-state index contributed by atoms with van der Waals surface area (Å²) in [7, 11) is 4.61. The smallest absolute Gasteiger partial charge is 0.317 e. The summed E-state index contributed by atoms with van der Waals surface area (Å²) in [5, 5.41) is 14.6. The van der Waals surface area contributed by atoms with Crippen LogP contribution in [0, 0.1) is 0 Å². The number of carbonyl (C=O) groups is 2. The zero-order valence-corrected chi connectivity index (χ0v) is 26.2. The van der Waals surface area contributed by atoms with Crippen LogP contribution < -0.4 is 30.7 Å². The highest BCUT2D eigenvalue weighted by atomic mass is 35.5. The van der Waals surface area contributed by atoms with Crippen molar-refractivity contribution in [3.05, 3.63) is 47.1 Å². The van der Waals surface area contributed by atoms with Crippen molar-refractivity contribution >= 4 is 57.5 Å². The average molecular weight is 645 g/mol. The zero-order chi connectivity index (χ0) is 31.4. The van der Waals surface area contributed by atoms with Crippen molar-refractivity contribution < 1.29 is 23.8 Å². The first-order chi connectivity index (χ1) is 21.3. The molecule has 1 unspecified atom stereocenters. The zero-order valence-electron chi connectivity index (χ0n) is 24.7. The van der Waals surface area contributed by atoms with E-state index in [0.717, 1.165) is 30.2 Å². The number of fused-ring (bicyclic) bond motifs is 1. The molecule has 0 radical (unpaired) electrons. The molecule has 2 aliphatic rings. The molecule has 3 amide bonds. The number of methoxy groups -OCH3 is 2. The van der Waals surface area contributed by atoms with Gasteiger partial charge in [-0.15, -0.1) is 0 Å². The van der Waals surface area contributed by atoms with Crippen LogP contribution in [0.15, 0.2) is 37.1 Å². The number of halogens is 2. The van der Waals surface area contributed by atoms with Gasteiger partial charge in [0.15, 0.2) is 0 Å². The minimum Gasteiger partial charge on any atom is -0.495 e. The Balaban J connectivity index is 1.54. The molecule has 234 valence electrons. The molecule has 0 spiro atoms. The molecular formula is C30H35Cl2N7O5. The summed E-state index contributed by atoms with van der Waals surface area (Å²) in [6.07, 6.45) is 4.94. The Morgan fingerprint density at radius 2 is 1.86 bits per heavy atom. The predicted octanol–water partition coefficient (Wildman–Crippen LogP) is 4.32. The summed E-state index contributed by atoms with van der Waals surface area (Å²) in [6.45, 7) is 5.51. The van der Waals surface area contributed by atoms with E-state index < -0.39 is 0 Å². The average Bonchev–Trinajstić information content (AvgIpc) is 3.70. The first kappa shape index (κ1) is 31.4. The van der Waals surface area contributed by atoms with E-state index in [-0.39, 0.29) is 30.1 Å². The third-order valence-corrected chi connectivity index (χ3v) is 8.48. The van der Waals surface area contributed by atoms with Gasteiger partial charge in [0.2, 0.25) is 5.91 Å². The van der Waals surface area contributed by atoms with Crippen LogP contribution in [0.1, 0.15) is 12.8 Å². The van der Waals surface area contributed by atoms with E-state index in [1.165, 1.54) is 20.3 Å². The summed E-state index contributed by atoms with van der Waals surface area (Å²) >= 11 is 13.5. The van der Waals surface area contributed by atoms with Gasteiger partial charge in [-0.2, -0.15) is 0 Å². The van der Waals surface area contributed by atoms with E-state index in [9.17, 15) is 9.59 Å². The van der Waals surface area contributed by atoms with Crippen LogP contribution in [0.25, 0.3) is 22.0 Å². The van der Waals surface area contributed by atoms with Crippen LogP contribution in [0.2, 0.25) is 10.0 Å². The molecule has 12 nitrogen and oxygen atoms in total. The van der Waals surface area contributed by atoms with Crippen LogP contribution in [0.4, 0.5) is 16.4 Å². The quantitative estimate of drug-likeness (QED) is 0.238. The number of carbonyl (C=O) groups excluding carboxylic acids is 2. The van der Waals surface area contributed by atoms with Crippen molar-refractivity contribution in [2.45, 2.75) is 31.0 Å². The third-order valence-electron chi connectivity index (χ3n) is 7.73. The molecule has 14 heteroatoms. The van der Waals surface area contributed by atoms with Gasteiger partial charge in [-0.3, -0.25) is 4.79 Å². The highest BCUT2D eigenvalue weighted by Gasteiger charge is 2.36. The molecule has 4 heterocycles. The van der Waals surface area contributed by atoms with Crippen LogP contribution in [-0.4, -0.2) is 92.5 Å². The number of aromatic nitrogens is 2. The van der Waals surface area contributed by atoms with Crippen molar-refractivity contribution in [1.82, 2.24) is 25.5 Å². The molecule has 0 saturated carbocycles. The summed E-state index contributed by atoms with van der Waals surface area (Å²) in [4.78, 5) is 35.8. The first-order valence-electron chi connectivity index (χ1n) is 14.2. The Labute approximate surface area is 265 Å². The molecule has 5 rings (SSSR count). The van der Waals surface area contributed by atoms with Crippen LogP contribution in [0.3, 0.4) is 0 Å². The lowest BCUT2D eigenvalue weighted by Gasteiger charge is -2.21. The molecule has 4 N–H and O–H groups in total. The lowest BCUT2D eigenvalue weighted by molar-refractivity contribution is -0.117. The highest BCUT2D eigenvalue weighted by Crippen LogP contribution is 2.46. The van der Waals surface area contributed by atoms with Gasteiger partial charge < -0.3 is 40.4 Å². The summed E-state index contributed by atoms with van der Waals surface area (Å²) in [6, 6.07) is 4.46. The minimum absolute atomic E-state index is 0.0578. The van der Waals surface area contributed by atoms with Crippen LogP contribution in [0.5, 0.6) is 11.5 Å². The molecule has 2 saturated heterocycles. The molecule has 0 aliphatic carbocycles. The number of urea groups is 1. The first-order valence-corrected chi connectivity index (χ1v) is 14.9. The fourth-order valence-corrected chi connectivity index (χ4v) is 6.16. The van der Waals surface area contributed by atoms with Crippen LogP contribution in [-0.2, 0) is 9.53 Å². The number of rotatable bonds is 10. The second-order valence-electron chi connectivity index (χ2n) is 10.5. The number of nitrogens with one attached hydrogen (secondary N) is 4. The minimum atomic E-state index is -0.361. The molecule has 2 aromatic heterocycles. The number of ether oxygens (including phenoxy) is 3. The molecule has 2 fully saturated rings. The number of amides is 3. The number of likely N-dealkylation sites (tertiary alicyclic amines) is 1. The summed E-state index contributed by atoms with van der Waals surface area (Å²) < 4.78 is 16.8. The number of nitrogens with zero attached hydrogens (tertiary/aromatic N) is 3. The standard InChI is InChI=1S/C30H35Cl2N7O5/c1-5-25(40)37-21-15-39(30(41)33-2)14-20(21)36-24-10-18-16(12-34-24)9-19(38-29(18)35-13-17-7-6-8-44-17)26-27(31)22(42-3)11-23(43-4)28(26)32/h5,9-12,17,20-21H,1,6-8,13-15H2,2-4H3,(H,33,41)(H,34,36)(H,35,38)(H,37,40)/t17?,20-,21+/m1/s1. The largest absolute Gasteiger partial charge is 0.495 e. The molecule has 1 aromatic carbocycles. The van der Waals surface area contributed by atoms with Gasteiger partial charge in [-0.05, 0) is 31.1 Å². The lowest BCUT2D eigenvalue weighted by Crippen LogP contribution is -2.45. The van der Waals surface area contributed by atoms with Gasteiger partial charge in [0, 0.05) is 61.9 Å². The molecular weight excluding hydrogens is 609 g/mol. The highest BCUT2D eigenvalue weighted by molar-refractivity contribution is 6.41. The van der Waals surface area contributed by atoms with Gasteiger partial charge in [0.05, 0.1) is 48.1 Å². The third kappa shape index (κ3) is 6.57. The van der Waals surface area contributed by atoms with E-state index in [0.29, 0.717) is 64.1 Å². The summed E-state index contributed by atoms with van der Waals surface area (Å²) in [5.74, 6) is 1.61. The molecule has 2 aliphatic heterocycles. The predicted molar refractivity (Wildman–Crippen MR) is 171 cm³/mol. The normalized spacial score (nSPS) is 19.5. The maximum Gasteiger partial charge on any atom is 0.317 e. The molecule has 3 atom stereocenters. The van der Waals surface area contributed by atoms with E-state index in [1.54, 1.807) is 24.2 Å². The monoisotopic (exact) mass is 643 g/mol. The molecule has 0 bridgehead atoms. The number of benzene rings is 1. The lowest BCUT2D eigenvalue weighted by atomic mass is 10.1.